The van der Waals surface area contributed by atoms with Crippen LogP contribution in [0, 0.1) is 23.2 Å². The smallest absolute Gasteiger partial charge is 0.255 e. The van der Waals surface area contributed by atoms with E-state index in [1.807, 2.05) is 18.2 Å². The van der Waals surface area contributed by atoms with Gasteiger partial charge in [0.2, 0.25) is 0 Å². The minimum absolute atomic E-state index is 0.0238. The average molecular weight is 569 g/mol. The number of nitrogens with one attached hydrogen (secondary N) is 1. The summed E-state index contributed by atoms with van der Waals surface area (Å²) in [6.45, 7) is 7.51. The molecule has 2 bridgehead atoms. The first kappa shape index (κ1) is 27.7. The lowest BCUT2D eigenvalue weighted by atomic mass is 9.45. The van der Waals surface area contributed by atoms with Gasteiger partial charge in [0.05, 0.1) is 5.56 Å². The fourth-order valence-electron chi connectivity index (χ4n) is 7.70. The second kappa shape index (κ2) is 10.7. The molecular formula is C32H41ClN2O5. The van der Waals surface area contributed by atoms with Crippen molar-refractivity contribution in [2.45, 2.75) is 64.1 Å². The quantitative estimate of drug-likeness (QED) is 0.412. The Kier molecular flexibility index (Phi) is 7.43. The summed E-state index contributed by atoms with van der Waals surface area (Å²) in [6, 6.07) is 10.4. The lowest BCUT2D eigenvalue weighted by molar-refractivity contribution is -0.103. The first-order valence-electron chi connectivity index (χ1n) is 14.7. The second-order valence-corrected chi connectivity index (χ2v) is 13.5. The number of fused-ring (bicyclic) bond motifs is 3. The average Bonchev–Trinajstić information content (AvgIpc) is 3.28. The minimum Gasteiger partial charge on any atom is -0.508 e. The van der Waals surface area contributed by atoms with Crippen molar-refractivity contribution in [2.24, 2.45) is 23.2 Å². The van der Waals surface area contributed by atoms with E-state index in [2.05, 4.69) is 24.1 Å². The zero-order valence-electron chi connectivity index (χ0n) is 23.5. The summed E-state index contributed by atoms with van der Waals surface area (Å²) in [5, 5.41) is 24.7. The molecule has 2 heterocycles. The second-order valence-electron chi connectivity index (χ2n) is 13.1. The molecule has 40 heavy (non-hydrogen) atoms. The van der Waals surface area contributed by atoms with E-state index >= 15 is 0 Å². The number of nitrogens with zero attached hydrogens (tertiary/aromatic N) is 1. The molecule has 0 aromatic heterocycles. The van der Waals surface area contributed by atoms with Gasteiger partial charge in [-0.15, -0.1) is 0 Å². The number of phenolic OH excluding ortho intramolecular Hbond substituents is 1. The number of hydrogen-bond acceptors (Lipinski definition) is 6. The van der Waals surface area contributed by atoms with Crippen LogP contribution in [-0.4, -0.2) is 65.5 Å². The van der Waals surface area contributed by atoms with Crippen molar-refractivity contribution in [3.8, 4) is 17.2 Å². The molecule has 0 radical (unpaired) electrons. The van der Waals surface area contributed by atoms with E-state index in [-0.39, 0.29) is 29.6 Å². The molecule has 3 N–H and O–H groups in total. The van der Waals surface area contributed by atoms with Crippen LogP contribution in [0.4, 0.5) is 0 Å². The van der Waals surface area contributed by atoms with Gasteiger partial charge in [0.15, 0.2) is 0 Å². The third-order valence-corrected chi connectivity index (χ3v) is 10.5. The summed E-state index contributed by atoms with van der Waals surface area (Å²) < 4.78 is 12.2. The number of aromatic hydroxyl groups is 1. The van der Waals surface area contributed by atoms with Gasteiger partial charge in [-0.2, -0.15) is 0 Å². The number of phenols is 1. The number of β-amino-alcohol motifs (C(OH)–C–C–N with tert-alkyl or cyclic N) is 1. The summed E-state index contributed by atoms with van der Waals surface area (Å²) in [5.74, 6) is 3.02. The number of aliphatic hydroxyl groups excluding tert-OH is 1. The number of amides is 1. The number of carbonyl (C=O) groups is 1. The van der Waals surface area contributed by atoms with Crippen LogP contribution in [0.1, 0.15) is 61.9 Å². The number of ether oxygens (including phenoxy) is 2. The van der Waals surface area contributed by atoms with Gasteiger partial charge < -0.3 is 29.9 Å². The van der Waals surface area contributed by atoms with E-state index in [0.717, 1.165) is 55.5 Å². The number of benzene rings is 2. The number of likely N-dealkylation sites (tertiary alicyclic amines) is 1. The van der Waals surface area contributed by atoms with Crippen molar-refractivity contribution in [3.05, 3.63) is 52.5 Å². The summed E-state index contributed by atoms with van der Waals surface area (Å²) in [5.41, 5.74) is 1.72. The number of hydrogen-bond donors (Lipinski definition) is 3. The van der Waals surface area contributed by atoms with Crippen molar-refractivity contribution >= 4 is 17.5 Å². The van der Waals surface area contributed by atoms with Gasteiger partial charge in [0.1, 0.15) is 35.6 Å². The van der Waals surface area contributed by atoms with E-state index in [9.17, 15) is 15.0 Å². The van der Waals surface area contributed by atoms with Crippen molar-refractivity contribution in [3.63, 3.8) is 0 Å². The molecule has 2 aromatic rings. The molecule has 8 heteroatoms. The zero-order valence-corrected chi connectivity index (χ0v) is 24.3. The van der Waals surface area contributed by atoms with E-state index in [1.54, 1.807) is 6.07 Å². The molecule has 2 aliphatic heterocycles. The standard InChI is InChI=1S/C32H41ClN2O5/c1-31(2)22-4-3-20(27(31)14-22)17-34-30(38)26-7-6-24(36)15-29(26)39-19-25(37)18-35-11-9-32(10-12-35)16-21-13-23(33)5-8-28(21)40-32/h5-8,13,15,20,22,25,27,36-37H,3-4,9-12,14,16-19H2,1-2H3,(H,34,38)/t20-,22?,25-,27-/m0/s1. The maximum atomic E-state index is 13.1. The number of halogens is 1. The Balaban J connectivity index is 0.989. The summed E-state index contributed by atoms with van der Waals surface area (Å²) >= 11 is 6.17. The van der Waals surface area contributed by atoms with Crippen LogP contribution < -0.4 is 14.8 Å². The van der Waals surface area contributed by atoms with E-state index in [4.69, 9.17) is 21.1 Å². The zero-order chi connectivity index (χ0) is 28.1. The van der Waals surface area contributed by atoms with Crippen LogP contribution in [0.15, 0.2) is 36.4 Å². The maximum Gasteiger partial charge on any atom is 0.255 e. The van der Waals surface area contributed by atoms with Crippen LogP contribution in [0.25, 0.3) is 0 Å². The first-order chi connectivity index (χ1) is 19.1. The molecule has 2 aromatic carbocycles. The van der Waals surface area contributed by atoms with Crippen molar-refractivity contribution < 1.29 is 24.5 Å². The number of carbonyl (C=O) groups excluding carboxylic acids is 1. The number of aliphatic hydroxyl groups is 1. The van der Waals surface area contributed by atoms with Gasteiger partial charge in [0.25, 0.3) is 5.91 Å². The summed E-state index contributed by atoms with van der Waals surface area (Å²) in [6.07, 6.45) is 5.56. The van der Waals surface area contributed by atoms with E-state index in [0.29, 0.717) is 35.9 Å². The molecular weight excluding hydrogens is 528 g/mol. The van der Waals surface area contributed by atoms with Crippen molar-refractivity contribution in [1.29, 1.82) is 0 Å². The number of rotatable bonds is 8. The topological polar surface area (TPSA) is 91.3 Å². The van der Waals surface area contributed by atoms with Gasteiger partial charge in [-0.3, -0.25) is 4.79 Å². The Bertz CT molecular complexity index is 1260. The molecule has 1 unspecified atom stereocenters. The SMILES string of the molecule is CC1(C)C2CC[C@@H](CNC(=O)c3ccc(O)cc3OC[C@@H](O)CN3CCC4(CC3)Cc3cc(Cl)ccc3O4)[C@@H]1C2. The Morgan fingerprint density at radius 2 is 2.00 bits per heavy atom. The molecule has 3 aliphatic carbocycles. The monoisotopic (exact) mass is 568 g/mol. The fourth-order valence-corrected chi connectivity index (χ4v) is 7.90. The highest BCUT2D eigenvalue weighted by Crippen LogP contribution is 2.61. The van der Waals surface area contributed by atoms with Gasteiger partial charge in [-0.25, -0.2) is 0 Å². The highest BCUT2D eigenvalue weighted by Gasteiger charge is 2.54. The Morgan fingerprint density at radius 1 is 1.20 bits per heavy atom. The Hall–Kier alpha value is -2.48. The van der Waals surface area contributed by atoms with E-state index < -0.39 is 6.10 Å². The minimum atomic E-state index is -0.733. The fraction of sp³-hybridized carbons (Fsp3) is 0.594. The highest BCUT2D eigenvalue weighted by molar-refractivity contribution is 6.30. The third kappa shape index (κ3) is 5.40. The molecule has 4 atom stereocenters. The van der Waals surface area contributed by atoms with Crippen molar-refractivity contribution in [1.82, 2.24) is 10.2 Å². The van der Waals surface area contributed by atoms with Gasteiger partial charge in [0, 0.05) is 56.5 Å². The van der Waals surface area contributed by atoms with Crippen LogP contribution in [0.2, 0.25) is 5.02 Å². The molecule has 1 spiro atoms. The normalized spacial score (nSPS) is 26.9. The molecule has 1 amide bonds. The van der Waals surface area contributed by atoms with Crippen LogP contribution in [-0.2, 0) is 6.42 Å². The maximum absolute atomic E-state index is 13.1. The molecule has 4 fully saturated rings. The molecule has 7 rings (SSSR count). The predicted molar refractivity (Wildman–Crippen MR) is 154 cm³/mol. The molecule has 1 saturated heterocycles. The van der Waals surface area contributed by atoms with Gasteiger partial charge >= 0.3 is 0 Å². The molecule has 7 nitrogen and oxygen atoms in total. The lowest BCUT2D eigenvalue weighted by Gasteiger charge is -2.60. The summed E-state index contributed by atoms with van der Waals surface area (Å²) in [7, 11) is 0. The summed E-state index contributed by atoms with van der Waals surface area (Å²) in [4.78, 5) is 15.4. The van der Waals surface area contributed by atoms with Crippen LogP contribution in [0.5, 0.6) is 17.2 Å². The van der Waals surface area contributed by atoms with Gasteiger partial charge in [-0.05, 0) is 78.3 Å². The Morgan fingerprint density at radius 3 is 2.75 bits per heavy atom. The van der Waals surface area contributed by atoms with Crippen molar-refractivity contribution in [2.75, 3.05) is 32.8 Å². The number of piperidine rings is 1. The third-order valence-electron chi connectivity index (χ3n) is 10.3. The lowest BCUT2D eigenvalue weighted by Crippen LogP contribution is -2.54. The predicted octanol–water partition coefficient (Wildman–Crippen LogP) is 5.06. The molecule has 3 saturated carbocycles. The van der Waals surface area contributed by atoms with E-state index in [1.165, 1.54) is 30.5 Å². The van der Waals surface area contributed by atoms with Gasteiger partial charge in [-0.1, -0.05) is 25.4 Å². The van der Waals surface area contributed by atoms with Crippen LogP contribution in [0.3, 0.4) is 0 Å². The first-order valence-corrected chi connectivity index (χ1v) is 15.1. The molecule has 5 aliphatic rings. The largest absolute Gasteiger partial charge is 0.508 e. The van der Waals surface area contributed by atoms with Crippen LogP contribution >= 0.6 is 11.6 Å². The molecule has 216 valence electrons. The Labute approximate surface area is 241 Å². The highest BCUT2D eigenvalue weighted by atomic mass is 35.5.